The van der Waals surface area contributed by atoms with Crippen molar-refractivity contribution in [2.75, 3.05) is 18.4 Å². The van der Waals surface area contributed by atoms with Crippen LogP contribution in [0.5, 0.6) is 0 Å². The molecule has 1 aromatic carbocycles. The van der Waals surface area contributed by atoms with Gasteiger partial charge in [0.25, 0.3) is 5.91 Å². The zero-order chi connectivity index (χ0) is 23.6. The number of pyridine rings is 1. The predicted molar refractivity (Wildman–Crippen MR) is 137 cm³/mol. The summed E-state index contributed by atoms with van der Waals surface area (Å²) in [6, 6.07) is 12.1. The minimum atomic E-state index is -0.0523. The molecule has 6 rings (SSSR count). The van der Waals surface area contributed by atoms with Gasteiger partial charge in [0.15, 0.2) is 0 Å². The zero-order valence-electron chi connectivity index (χ0n) is 18.9. The van der Waals surface area contributed by atoms with E-state index >= 15 is 0 Å². The van der Waals surface area contributed by atoms with E-state index in [0.29, 0.717) is 10.7 Å². The van der Waals surface area contributed by atoms with Crippen molar-refractivity contribution in [3.8, 4) is 0 Å². The number of carbonyl (C=O) groups excluding carboxylic acids is 1. The number of amides is 1. The van der Waals surface area contributed by atoms with Crippen LogP contribution in [0.15, 0.2) is 61.3 Å². The summed E-state index contributed by atoms with van der Waals surface area (Å²) < 4.78 is 0. The molecule has 9 nitrogen and oxygen atoms in total. The van der Waals surface area contributed by atoms with E-state index in [4.69, 9.17) is 0 Å². The van der Waals surface area contributed by atoms with Gasteiger partial charge in [-0.1, -0.05) is 6.07 Å². The van der Waals surface area contributed by atoms with Crippen molar-refractivity contribution in [2.45, 2.75) is 25.4 Å². The van der Waals surface area contributed by atoms with E-state index in [9.17, 15) is 4.79 Å². The molecule has 1 amide bonds. The Labute approximate surface area is 205 Å². The Morgan fingerprint density at radius 2 is 2.06 bits per heavy atom. The molecule has 0 aliphatic carbocycles. The first-order valence-corrected chi connectivity index (χ1v) is 12.4. The molecular weight excluding hydrogens is 460 g/mol. The molecule has 0 unspecified atom stereocenters. The highest BCUT2D eigenvalue weighted by atomic mass is 32.1. The van der Waals surface area contributed by atoms with Gasteiger partial charge >= 0.3 is 0 Å². The molecule has 0 saturated carbocycles. The number of nitrogens with zero attached hydrogens (tertiary/aromatic N) is 5. The largest absolute Gasteiger partial charge is 0.349 e. The first-order chi connectivity index (χ1) is 17.2. The Hall–Kier alpha value is -3.89. The molecular formula is C25H24N8OS. The lowest BCUT2D eigenvalue weighted by Gasteiger charge is -2.32. The van der Waals surface area contributed by atoms with Gasteiger partial charge in [-0.3, -0.25) is 19.8 Å². The van der Waals surface area contributed by atoms with Crippen LogP contribution in [0.4, 0.5) is 11.5 Å². The van der Waals surface area contributed by atoms with Gasteiger partial charge in [-0.2, -0.15) is 5.10 Å². The highest BCUT2D eigenvalue weighted by Gasteiger charge is 2.22. The summed E-state index contributed by atoms with van der Waals surface area (Å²) in [7, 11) is 0. The molecule has 1 saturated heterocycles. The average molecular weight is 485 g/mol. The predicted octanol–water partition coefficient (Wildman–Crippen LogP) is 4.10. The Kier molecular flexibility index (Phi) is 5.81. The first kappa shape index (κ1) is 21.6. The second-order valence-corrected chi connectivity index (χ2v) is 9.76. The number of likely N-dealkylation sites (tertiary alicyclic amines) is 1. The topological polar surface area (TPSA) is 112 Å². The molecule has 35 heavy (non-hydrogen) atoms. The number of benzene rings is 1. The minimum Gasteiger partial charge on any atom is -0.349 e. The molecule has 10 heteroatoms. The summed E-state index contributed by atoms with van der Waals surface area (Å²) in [6.45, 7) is 2.80. The monoisotopic (exact) mass is 484 g/mol. The highest BCUT2D eigenvalue weighted by Crippen LogP contribution is 2.30. The maximum Gasteiger partial charge on any atom is 0.261 e. The smallest absolute Gasteiger partial charge is 0.261 e. The molecule has 1 aliphatic rings. The van der Waals surface area contributed by atoms with Gasteiger partial charge < -0.3 is 10.6 Å². The maximum atomic E-state index is 13.0. The van der Waals surface area contributed by atoms with Crippen molar-refractivity contribution in [3.63, 3.8) is 0 Å². The third kappa shape index (κ3) is 4.71. The number of anilines is 2. The van der Waals surface area contributed by atoms with E-state index in [1.165, 1.54) is 23.2 Å². The normalized spacial score (nSPS) is 15.0. The number of aromatic nitrogens is 5. The van der Waals surface area contributed by atoms with E-state index in [2.05, 4.69) is 46.7 Å². The Morgan fingerprint density at radius 3 is 2.91 bits per heavy atom. The van der Waals surface area contributed by atoms with Gasteiger partial charge in [-0.15, -0.1) is 11.3 Å². The van der Waals surface area contributed by atoms with Crippen molar-refractivity contribution in [1.29, 1.82) is 0 Å². The molecule has 5 heterocycles. The number of carbonyl (C=O) groups is 1. The van der Waals surface area contributed by atoms with Gasteiger partial charge in [0.1, 0.15) is 17.0 Å². The number of fused-ring (bicyclic) bond motifs is 2. The molecule has 0 atom stereocenters. The first-order valence-electron chi connectivity index (χ1n) is 11.6. The van der Waals surface area contributed by atoms with Crippen molar-refractivity contribution in [2.24, 2.45) is 0 Å². The van der Waals surface area contributed by atoms with Crippen LogP contribution in [0, 0.1) is 0 Å². The van der Waals surface area contributed by atoms with E-state index in [0.717, 1.165) is 59.3 Å². The lowest BCUT2D eigenvalue weighted by molar-refractivity contribution is 0.0913. The number of H-pyrrole nitrogens is 1. The van der Waals surface area contributed by atoms with Crippen LogP contribution in [-0.4, -0.2) is 55.1 Å². The van der Waals surface area contributed by atoms with Crippen LogP contribution in [0.2, 0.25) is 0 Å². The van der Waals surface area contributed by atoms with Gasteiger partial charge in [0.05, 0.1) is 22.0 Å². The van der Waals surface area contributed by atoms with Crippen LogP contribution in [0.25, 0.3) is 21.1 Å². The van der Waals surface area contributed by atoms with Crippen molar-refractivity contribution >= 4 is 49.9 Å². The van der Waals surface area contributed by atoms with Gasteiger partial charge in [0, 0.05) is 49.1 Å². The number of hydrogen-bond donors (Lipinski definition) is 3. The van der Waals surface area contributed by atoms with Crippen LogP contribution >= 0.6 is 11.3 Å². The molecule has 5 aromatic rings. The third-order valence-electron chi connectivity index (χ3n) is 6.31. The van der Waals surface area contributed by atoms with Crippen molar-refractivity contribution in [1.82, 2.24) is 35.4 Å². The van der Waals surface area contributed by atoms with Gasteiger partial charge in [-0.05, 0) is 48.7 Å². The van der Waals surface area contributed by atoms with Crippen LogP contribution in [-0.2, 0) is 6.54 Å². The molecule has 3 N–H and O–H groups in total. The lowest BCUT2D eigenvalue weighted by Crippen LogP contribution is -2.44. The summed E-state index contributed by atoms with van der Waals surface area (Å²) >= 11 is 1.39. The molecule has 1 fully saturated rings. The fourth-order valence-electron chi connectivity index (χ4n) is 4.46. The standard InChI is InChI=1S/C25H24N8OS/c34-24(31-18-5-8-33(9-6-18)14-16-2-1-7-26-12-16)22-11-20-23(27-15-28-25(20)35-22)30-19-4-3-17-13-29-32-21(17)10-19/h1-4,7,10-13,15,18H,5-6,8-9,14H2,(H,29,32)(H,31,34)(H,27,28,30). The van der Waals surface area contributed by atoms with E-state index in [1.54, 1.807) is 12.4 Å². The number of nitrogens with one attached hydrogen (secondary N) is 3. The number of hydrogen-bond acceptors (Lipinski definition) is 8. The summed E-state index contributed by atoms with van der Waals surface area (Å²) in [4.78, 5) is 29.9. The molecule has 4 aromatic heterocycles. The number of aromatic amines is 1. The second-order valence-electron chi connectivity index (χ2n) is 8.73. The van der Waals surface area contributed by atoms with Crippen LogP contribution < -0.4 is 10.6 Å². The SMILES string of the molecule is O=C(NC1CCN(Cc2cccnc2)CC1)c1cc2c(Nc3ccc4cn[nH]c4c3)ncnc2s1. The van der Waals surface area contributed by atoms with Crippen molar-refractivity contribution < 1.29 is 4.79 Å². The van der Waals surface area contributed by atoms with Crippen LogP contribution in [0.3, 0.4) is 0 Å². The summed E-state index contributed by atoms with van der Waals surface area (Å²) in [5, 5.41) is 15.5. The quantitative estimate of drug-likeness (QED) is 0.333. The fourth-order valence-corrected chi connectivity index (χ4v) is 5.36. The maximum absolute atomic E-state index is 13.0. The van der Waals surface area contributed by atoms with Gasteiger partial charge in [0.2, 0.25) is 0 Å². The molecule has 0 spiro atoms. The van der Waals surface area contributed by atoms with E-state index < -0.39 is 0 Å². The summed E-state index contributed by atoms with van der Waals surface area (Å²) in [6.07, 6.45) is 8.88. The Bertz CT molecular complexity index is 1470. The fraction of sp³-hybridized carbons (Fsp3) is 0.240. The molecule has 0 radical (unpaired) electrons. The van der Waals surface area contributed by atoms with E-state index in [1.807, 2.05) is 36.5 Å². The van der Waals surface area contributed by atoms with Gasteiger partial charge in [-0.25, -0.2) is 9.97 Å². The third-order valence-corrected chi connectivity index (χ3v) is 7.35. The summed E-state index contributed by atoms with van der Waals surface area (Å²) in [5.41, 5.74) is 3.05. The average Bonchev–Trinajstić information content (AvgIpc) is 3.53. The Balaban J connectivity index is 1.11. The number of piperidine rings is 1. The summed E-state index contributed by atoms with van der Waals surface area (Å²) in [5.74, 6) is 0.622. The van der Waals surface area contributed by atoms with Crippen LogP contribution in [0.1, 0.15) is 28.1 Å². The second kappa shape index (κ2) is 9.40. The zero-order valence-corrected chi connectivity index (χ0v) is 19.8. The highest BCUT2D eigenvalue weighted by molar-refractivity contribution is 7.20. The molecule has 176 valence electrons. The van der Waals surface area contributed by atoms with E-state index in [-0.39, 0.29) is 11.9 Å². The Morgan fingerprint density at radius 1 is 1.14 bits per heavy atom. The molecule has 1 aliphatic heterocycles. The number of rotatable bonds is 6. The number of thiophene rings is 1. The lowest BCUT2D eigenvalue weighted by atomic mass is 10.0. The van der Waals surface area contributed by atoms with Crippen molar-refractivity contribution in [3.05, 3.63) is 71.8 Å². The minimum absolute atomic E-state index is 0.0523. The molecule has 0 bridgehead atoms.